The van der Waals surface area contributed by atoms with Crippen LogP contribution >= 0.6 is 34.5 Å². The number of benzene rings is 2. The molecule has 4 rings (SSSR count). The van der Waals surface area contributed by atoms with E-state index in [1.54, 1.807) is 50.3 Å². The average molecular weight is 577 g/mol. The van der Waals surface area contributed by atoms with E-state index in [-0.39, 0.29) is 28.7 Å². The Morgan fingerprint density at radius 2 is 1.95 bits per heavy atom. The van der Waals surface area contributed by atoms with Crippen LogP contribution in [0.5, 0.6) is 11.5 Å². The number of thiazole rings is 1. The molecule has 1 N–H and O–H groups in total. The molecule has 2 aromatic carbocycles. The smallest absolute Gasteiger partial charge is 0.341 e. The van der Waals surface area contributed by atoms with E-state index in [4.69, 9.17) is 42.5 Å². The quantitative estimate of drug-likeness (QED) is 0.407. The first-order valence-electron chi connectivity index (χ1n) is 11.3. The van der Waals surface area contributed by atoms with Gasteiger partial charge in [0.25, 0.3) is 5.56 Å². The van der Waals surface area contributed by atoms with Gasteiger partial charge >= 0.3 is 11.9 Å². The number of hydrogen-bond donors (Lipinski definition) is 1. The summed E-state index contributed by atoms with van der Waals surface area (Å²) < 4.78 is 17.6. The van der Waals surface area contributed by atoms with Gasteiger partial charge in [-0.25, -0.2) is 14.6 Å². The molecule has 0 amide bonds. The van der Waals surface area contributed by atoms with Gasteiger partial charge in [-0.3, -0.25) is 9.36 Å². The first kappa shape index (κ1) is 27.4. The van der Waals surface area contributed by atoms with Gasteiger partial charge in [0, 0.05) is 5.02 Å². The Bertz CT molecular complexity index is 1640. The van der Waals surface area contributed by atoms with E-state index in [9.17, 15) is 14.4 Å². The van der Waals surface area contributed by atoms with Gasteiger partial charge < -0.3 is 19.3 Å². The number of halogens is 2. The molecule has 1 aliphatic rings. The van der Waals surface area contributed by atoms with Gasteiger partial charge in [-0.2, -0.15) is 0 Å². The predicted octanol–water partition coefficient (Wildman–Crippen LogP) is 3.58. The highest BCUT2D eigenvalue weighted by Gasteiger charge is 2.34. The van der Waals surface area contributed by atoms with E-state index in [1.165, 1.54) is 17.7 Å². The van der Waals surface area contributed by atoms with Crippen molar-refractivity contribution >= 4 is 52.6 Å². The lowest BCUT2D eigenvalue weighted by molar-refractivity contribution is -0.140. The van der Waals surface area contributed by atoms with Crippen LogP contribution in [0.15, 0.2) is 57.5 Å². The highest BCUT2D eigenvalue weighted by molar-refractivity contribution is 7.07. The normalized spacial score (nSPS) is 15.1. The molecule has 0 fully saturated rings. The molecule has 2 heterocycles. The Morgan fingerprint density at radius 1 is 1.21 bits per heavy atom. The van der Waals surface area contributed by atoms with Gasteiger partial charge in [0.05, 0.1) is 34.5 Å². The largest absolute Gasteiger partial charge is 0.493 e. The van der Waals surface area contributed by atoms with E-state index < -0.39 is 30.1 Å². The SMILES string of the molecule is CCOC(=O)C1=C(C)N=c2s/c(=C\c3cc(Cl)c(OCC(=O)O)c(OC)c3)c(=O)n2C1c1ccccc1Cl. The molecule has 0 radical (unpaired) electrons. The minimum atomic E-state index is -1.17. The van der Waals surface area contributed by atoms with Crippen LogP contribution in [0.25, 0.3) is 6.08 Å². The number of rotatable bonds is 8. The topological polar surface area (TPSA) is 116 Å². The zero-order chi connectivity index (χ0) is 27.6. The molecule has 0 bridgehead atoms. The number of ether oxygens (including phenoxy) is 3. The number of aromatic nitrogens is 1. The molecule has 0 spiro atoms. The van der Waals surface area contributed by atoms with E-state index in [1.807, 2.05) is 0 Å². The number of carbonyl (C=O) groups excluding carboxylic acids is 1. The standard InChI is InChI=1S/C26H22Cl2N2O7S/c1-4-36-25(34)21-13(2)29-26-30(22(21)15-7-5-6-8-16(15)27)24(33)19(38-26)11-14-9-17(28)23(18(10-14)35-3)37-12-20(31)32/h5-11,22H,4,12H2,1-3H3,(H,31,32)/b19-11-. The van der Waals surface area contributed by atoms with Crippen molar-refractivity contribution in [1.82, 2.24) is 4.57 Å². The summed E-state index contributed by atoms with van der Waals surface area (Å²) in [4.78, 5) is 42.5. The number of carboxylic acid groups (broad SMARTS) is 1. The van der Waals surface area contributed by atoms with E-state index in [2.05, 4.69) is 4.99 Å². The van der Waals surface area contributed by atoms with Crippen molar-refractivity contribution in [2.75, 3.05) is 20.3 Å². The van der Waals surface area contributed by atoms with Gasteiger partial charge in [0.1, 0.15) is 6.04 Å². The summed E-state index contributed by atoms with van der Waals surface area (Å²) in [5, 5.41) is 9.41. The van der Waals surface area contributed by atoms with Crippen LogP contribution in [0.3, 0.4) is 0 Å². The highest BCUT2D eigenvalue weighted by Crippen LogP contribution is 2.37. The van der Waals surface area contributed by atoms with Gasteiger partial charge in [0.15, 0.2) is 22.9 Å². The molecule has 1 aliphatic heterocycles. The third kappa shape index (κ3) is 5.33. The van der Waals surface area contributed by atoms with E-state index in [0.717, 1.165) is 11.3 Å². The molecule has 1 atom stereocenters. The zero-order valence-corrected chi connectivity index (χ0v) is 22.8. The monoisotopic (exact) mass is 576 g/mol. The summed E-state index contributed by atoms with van der Waals surface area (Å²) in [5.41, 5.74) is 1.32. The summed E-state index contributed by atoms with van der Waals surface area (Å²) in [5.74, 6) is -1.48. The number of aliphatic carboxylic acids is 1. The van der Waals surface area contributed by atoms with Gasteiger partial charge in [-0.05, 0) is 49.2 Å². The summed E-state index contributed by atoms with van der Waals surface area (Å²) in [6.07, 6.45) is 1.60. The van der Waals surface area contributed by atoms with Crippen molar-refractivity contribution in [3.8, 4) is 11.5 Å². The minimum Gasteiger partial charge on any atom is -0.493 e. The Hall–Kier alpha value is -3.60. The molecule has 0 aliphatic carbocycles. The molecular formula is C26H22Cl2N2O7S. The lowest BCUT2D eigenvalue weighted by atomic mass is 9.96. The molecule has 0 saturated heterocycles. The molecule has 3 aromatic rings. The summed E-state index contributed by atoms with van der Waals surface area (Å²) >= 11 is 14.0. The average Bonchev–Trinajstić information content (AvgIpc) is 3.16. The van der Waals surface area contributed by atoms with Crippen LogP contribution in [0.1, 0.15) is 31.0 Å². The maximum atomic E-state index is 13.7. The van der Waals surface area contributed by atoms with Crippen LogP contribution in [0.2, 0.25) is 10.0 Å². The number of methoxy groups -OCH3 is 1. The second kappa shape index (κ2) is 11.4. The van der Waals surface area contributed by atoms with E-state index >= 15 is 0 Å². The lowest BCUT2D eigenvalue weighted by Crippen LogP contribution is -2.40. The molecular weight excluding hydrogens is 555 g/mol. The maximum Gasteiger partial charge on any atom is 0.341 e. The number of esters is 1. The van der Waals surface area contributed by atoms with Crippen molar-refractivity contribution in [2.24, 2.45) is 4.99 Å². The van der Waals surface area contributed by atoms with Crippen molar-refractivity contribution in [2.45, 2.75) is 19.9 Å². The third-order valence-electron chi connectivity index (χ3n) is 5.61. The number of hydrogen-bond acceptors (Lipinski definition) is 8. The Kier molecular flexibility index (Phi) is 8.25. The second-order valence-electron chi connectivity index (χ2n) is 8.04. The fraction of sp³-hybridized carbons (Fsp3) is 0.231. The van der Waals surface area contributed by atoms with Crippen LogP contribution in [-0.4, -0.2) is 41.9 Å². The number of carbonyl (C=O) groups is 2. The third-order valence-corrected chi connectivity index (χ3v) is 7.21. The Balaban J connectivity index is 1.90. The van der Waals surface area contributed by atoms with Gasteiger partial charge in [0.2, 0.25) is 0 Å². The second-order valence-corrected chi connectivity index (χ2v) is 9.86. The van der Waals surface area contributed by atoms with Crippen LogP contribution < -0.4 is 24.4 Å². The molecule has 0 saturated carbocycles. The van der Waals surface area contributed by atoms with Crippen molar-refractivity contribution < 1.29 is 28.9 Å². The maximum absolute atomic E-state index is 13.7. The first-order chi connectivity index (χ1) is 18.2. The first-order valence-corrected chi connectivity index (χ1v) is 12.9. The van der Waals surface area contributed by atoms with Gasteiger partial charge in [-0.1, -0.05) is 52.7 Å². The molecule has 198 valence electrons. The molecule has 9 nitrogen and oxygen atoms in total. The molecule has 1 unspecified atom stereocenters. The highest BCUT2D eigenvalue weighted by atomic mass is 35.5. The molecule has 12 heteroatoms. The fourth-order valence-electron chi connectivity index (χ4n) is 4.03. The van der Waals surface area contributed by atoms with Crippen LogP contribution in [-0.2, 0) is 14.3 Å². The zero-order valence-electron chi connectivity index (χ0n) is 20.5. The number of carboxylic acids is 1. The predicted molar refractivity (Wildman–Crippen MR) is 143 cm³/mol. The summed E-state index contributed by atoms with van der Waals surface area (Å²) in [6, 6.07) is 9.23. The number of nitrogens with zero attached hydrogens (tertiary/aromatic N) is 2. The summed E-state index contributed by atoms with van der Waals surface area (Å²) in [7, 11) is 1.39. The molecule has 38 heavy (non-hydrogen) atoms. The van der Waals surface area contributed by atoms with Gasteiger partial charge in [-0.15, -0.1) is 0 Å². The van der Waals surface area contributed by atoms with Crippen molar-refractivity contribution in [3.63, 3.8) is 0 Å². The van der Waals surface area contributed by atoms with Crippen molar-refractivity contribution in [1.29, 1.82) is 0 Å². The number of fused-ring (bicyclic) bond motifs is 1. The van der Waals surface area contributed by atoms with Crippen LogP contribution in [0, 0.1) is 0 Å². The lowest BCUT2D eigenvalue weighted by Gasteiger charge is -2.25. The Morgan fingerprint density at radius 3 is 2.61 bits per heavy atom. The van der Waals surface area contributed by atoms with Crippen LogP contribution in [0.4, 0.5) is 0 Å². The summed E-state index contributed by atoms with van der Waals surface area (Å²) in [6.45, 7) is 2.95. The molecule has 1 aromatic heterocycles. The fourth-order valence-corrected chi connectivity index (χ4v) is 5.59. The van der Waals surface area contributed by atoms with Crippen molar-refractivity contribution in [3.05, 3.63) is 88.5 Å². The van der Waals surface area contributed by atoms with E-state index in [0.29, 0.717) is 31.2 Å². The minimum absolute atomic E-state index is 0.0728. The Labute approximate surface area is 230 Å². The number of allylic oxidation sites excluding steroid dienone is 1.